The first-order valence-corrected chi connectivity index (χ1v) is 6.66. The van der Waals surface area contributed by atoms with Crippen LogP contribution in [0.5, 0.6) is 0 Å². The molecule has 19 heavy (non-hydrogen) atoms. The highest BCUT2D eigenvalue weighted by molar-refractivity contribution is 5.91. The summed E-state index contributed by atoms with van der Waals surface area (Å²) in [5, 5.41) is 8.91. The Morgan fingerprint density at radius 2 is 2.26 bits per heavy atom. The van der Waals surface area contributed by atoms with Crippen molar-refractivity contribution in [3.63, 3.8) is 0 Å². The number of aliphatic carboxylic acids is 1. The van der Waals surface area contributed by atoms with E-state index in [2.05, 4.69) is 0 Å². The molecule has 0 saturated carbocycles. The summed E-state index contributed by atoms with van der Waals surface area (Å²) in [5.41, 5.74) is 0. The highest BCUT2D eigenvalue weighted by Gasteiger charge is 2.32. The van der Waals surface area contributed by atoms with Crippen molar-refractivity contribution in [1.29, 1.82) is 0 Å². The molecule has 1 aromatic rings. The van der Waals surface area contributed by atoms with Crippen molar-refractivity contribution >= 4 is 11.9 Å². The quantitative estimate of drug-likeness (QED) is 0.906. The lowest BCUT2D eigenvalue weighted by Crippen LogP contribution is -2.44. The molecule has 1 N–H and O–H groups in total. The first kappa shape index (κ1) is 13.6. The molecule has 1 aromatic heterocycles. The summed E-state index contributed by atoms with van der Waals surface area (Å²) in [7, 11) is 0. The number of carbonyl (C=O) groups excluding carboxylic acids is 1. The van der Waals surface area contributed by atoms with Gasteiger partial charge in [-0.1, -0.05) is 13.3 Å². The molecule has 1 amide bonds. The molecule has 0 spiro atoms. The average Bonchev–Trinajstić information content (AvgIpc) is 2.91. The summed E-state index contributed by atoms with van der Waals surface area (Å²) in [6, 6.07) is 3.36. The number of furan rings is 1. The van der Waals surface area contributed by atoms with E-state index in [4.69, 9.17) is 9.52 Å². The van der Waals surface area contributed by atoms with Gasteiger partial charge in [-0.3, -0.25) is 9.59 Å². The maximum absolute atomic E-state index is 12.2. The van der Waals surface area contributed by atoms with Crippen molar-refractivity contribution in [2.24, 2.45) is 11.8 Å². The van der Waals surface area contributed by atoms with Gasteiger partial charge in [0.15, 0.2) is 5.76 Å². The fourth-order valence-corrected chi connectivity index (χ4v) is 2.78. The van der Waals surface area contributed by atoms with Crippen LogP contribution in [0.15, 0.2) is 22.8 Å². The van der Waals surface area contributed by atoms with E-state index in [0.29, 0.717) is 18.8 Å². The zero-order valence-corrected chi connectivity index (χ0v) is 11.0. The average molecular weight is 265 g/mol. The number of likely N-dealkylation sites (tertiary alicyclic amines) is 1. The van der Waals surface area contributed by atoms with Gasteiger partial charge in [-0.15, -0.1) is 0 Å². The summed E-state index contributed by atoms with van der Waals surface area (Å²) in [6.45, 7) is 3.27. The number of carbonyl (C=O) groups is 2. The molecule has 1 fully saturated rings. The number of hydrogen-bond acceptors (Lipinski definition) is 3. The molecule has 0 bridgehead atoms. The summed E-state index contributed by atoms with van der Waals surface area (Å²) in [5.74, 6) is -0.0788. The van der Waals surface area contributed by atoms with Crippen LogP contribution in [-0.4, -0.2) is 35.0 Å². The molecule has 1 saturated heterocycles. The van der Waals surface area contributed by atoms with Crippen LogP contribution in [0.4, 0.5) is 0 Å². The van der Waals surface area contributed by atoms with Crippen LogP contribution in [-0.2, 0) is 4.79 Å². The van der Waals surface area contributed by atoms with Crippen LogP contribution in [0.2, 0.25) is 0 Å². The minimum Gasteiger partial charge on any atom is -0.481 e. The number of nitrogens with zero attached hydrogens (tertiary/aromatic N) is 1. The molecule has 5 heteroatoms. The van der Waals surface area contributed by atoms with Gasteiger partial charge in [0.05, 0.1) is 6.26 Å². The van der Waals surface area contributed by atoms with E-state index in [1.807, 2.05) is 6.92 Å². The third-order valence-corrected chi connectivity index (χ3v) is 3.87. The fourth-order valence-electron chi connectivity index (χ4n) is 2.78. The molecule has 0 unspecified atom stereocenters. The second-order valence-electron chi connectivity index (χ2n) is 5.04. The van der Waals surface area contributed by atoms with Crippen molar-refractivity contribution in [2.75, 3.05) is 13.1 Å². The van der Waals surface area contributed by atoms with E-state index in [9.17, 15) is 9.59 Å². The number of carboxylic acids is 1. The second kappa shape index (κ2) is 5.91. The zero-order chi connectivity index (χ0) is 13.8. The lowest BCUT2D eigenvalue weighted by molar-refractivity contribution is -0.139. The summed E-state index contributed by atoms with van der Waals surface area (Å²) in [6.07, 6.45) is 3.32. The Labute approximate surface area is 112 Å². The minimum absolute atomic E-state index is 0.0998. The number of piperidine rings is 1. The van der Waals surface area contributed by atoms with E-state index in [1.165, 1.54) is 6.26 Å². The third kappa shape index (κ3) is 3.16. The molecule has 0 aromatic carbocycles. The summed E-state index contributed by atoms with van der Waals surface area (Å²) in [4.78, 5) is 24.8. The van der Waals surface area contributed by atoms with E-state index >= 15 is 0 Å². The van der Waals surface area contributed by atoms with Gasteiger partial charge in [-0.2, -0.15) is 0 Å². The minimum atomic E-state index is -0.755. The third-order valence-electron chi connectivity index (χ3n) is 3.87. The van der Waals surface area contributed by atoms with Crippen molar-refractivity contribution in [2.45, 2.75) is 26.2 Å². The Kier molecular flexibility index (Phi) is 4.24. The Bertz CT molecular complexity index is 440. The zero-order valence-electron chi connectivity index (χ0n) is 11.0. The maximum Gasteiger partial charge on any atom is 0.303 e. The summed E-state index contributed by atoms with van der Waals surface area (Å²) >= 11 is 0. The molecule has 1 aliphatic heterocycles. The van der Waals surface area contributed by atoms with Crippen LogP contribution in [0.25, 0.3) is 0 Å². The lowest BCUT2D eigenvalue weighted by atomic mass is 9.81. The number of hydrogen-bond donors (Lipinski definition) is 1. The van der Waals surface area contributed by atoms with Gasteiger partial charge in [0.25, 0.3) is 5.91 Å². The number of amides is 1. The molecule has 2 atom stereocenters. The predicted molar refractivity (Wildman–Crippen MR) is 68.8 cm³/mol. The van der Waals surface area contributed by atoms with Gasteiger partial charge < -0.3 is 14.4 Å². The maximum atomic E-state index is 12.2. The molecule has 2 rings (SSSR count). The van der Waals surface area contributed by atoms with Crippen LogP contribution in [0.1, 0.15) is 36.7 Å². The van der Waals surface area contributed by atoms with Crippen LogP contribution in [0, 0.1) is 11.8 Å². The molecular weight excluding hydrogens is 246 g/mol. The molecule has 0 radical (unpaired) electrons. The molecule has 104 valence electrons. The molecular formula is C14H19NO4. The SMILES string of the molecule is CC[C@H]1CN(C(=O)c2ccco2)CC[C@H]1CC(=O)O. The van der Waals surface area contributed by atoms with Crippen LogP contribution >= 0.6 is 0 Å². The van der Waals surface area contributed by atoms with Crippen molar-refractivity contribution in [3.8, 4) is 0 Å². The second-order valence-corrected chi connectivity index (χ2v) is 5.04. The Balaban J connectivity index is 2.00. The number of carboxylic acid groups (broad SMARTS) is 1. The summed E-state index contributed by atoms with van der Waals surface area (Å²) < 4.78 is 5.12. The van der Waals surface area contributed by atoms with E-state index < -0.39 is 5.97 Å². The molecule has 0 aliphatic carbocycles. The normalized spacial score (nSPS) is 23.3. The lowest BCUT2D eigenvalue weighted by Gasteiger charge is -2.37. The van der Waals surface area contributed by atoms with Gasteiger partial charge in [0.1, 0.15) is 0 Å². The Morgan fingerprint density at radius 1 is 1.47 bits per heavy atom. The van der Waals surface area contributed by atoms with E-state index in [1.54, 1.807) is 17.0 Å². The van der Waals surface area contributed by atoms with Gasteiger partial charge in [0.2, 0.25) is 0 Å². The van der Waals surface area contributed by atoms with E-state index in [-0.39, 0.29) is 24.2 Å². The topological polar surface area (TPSA) is 70.8 Å². The van der Waals surface area contributed by atoms with Gasteiger partial charge in [0, 0.05) is 19.5 Å². The smallest absolute Gasteiger partial charge is 0.303 e. The monoisotopic (exact) mass is 265 g/mol. The van der Waals surface area contributed by atoms with Gasteiger partial charge in [-0.25, -0.2) is 0 Å². The van der Waals surface area contributed by atoms with Crippen molar-refractivity contribution in [1.82, 2.24) is 4.90 Å². The Hall–Kier alpha value is -1.78. The standard InChI is InChI=1S/C14H19NO4/c1-2-10-9-15(6-5-11(10)8-13(16)17)14(18)12-4-3-7-19-12/h3-4,7,10-11H,2,5-6,8-9H2,1H3,(H,16,17)/t10-,11-/m0/s1. The van der Waals surface area contributed by atoms with E-state index in [0.717, 1.165) is 12.8 Å². The highest BCUT2D eigenvalue weighted by Crippen LogP contribution is 2.29. The first-order valence-electron chi connectivity index (χ1n) is 6.66. The Morgan fingerprint density at radius 3 is 2.84 bits per heavy atom. The van der Waals surface area contributed by atoms with Crippen molar-refractivity contribution < 1.29 is 19.1 Å². The fraction of sp³-hybridized carbons (Fsp3) is 0.571. The first-order chi connectivity index (χ1) is 9.11. The van der Waals surface area contributed by atoms with Gasteiger partial charge >= 0.3 is 5.97 Å². The molecule has 2 heterocycles. The predicted octanol–water partition coefficient (Wildman–Crippen LogP) is 2.24. The van der Waals surface area contributed by atoms with Crippen LogP contribution in [0.3, 0.4) is 0 Å². The highest BCUT2D eigenvalue weighted by atomic mass is 16.4. The largest absolute Gasteiger partial charge is 0.481 e. The van der Waals surface area contributed by atoms with Crippen LogP contribution < -0.4 is 0 Å². The van der Waals surface area contributed by atoms with Crippen molar-refractivity contribution in [3.05, 3.63) is 24.2 Å². The van der Waals surface area contributed by atoms with Gasteiger partial charge in [-0.05, 0) is 30.4 Å². The number of rotatable bonds is 4. The molecule has 5 nitrogen and oxygen atoms in total. The molecule has 1 aliphatic rings.